The van der Waals surface area contributed by atoms with Crippen LogP contribution in [0.5, 0.6) is 0 Å². The fraction of sp³-hybridized carbons (Fsp3) is 0.700. The highest BCUT2D eigenvalue weighted by Crippen LogP contribution is 2.44. The smallest absolute Gasteiger partial charge is 0.240 e. The van der Waals surface area contributed by atoms with Crippen LogP contribution in [0.1, 0.15) is 19.8 Å². The van der Waals surface area contributed by atoms with Gasteiger partial charge in [0.2, 0.25) is 11.8 Å². The van der Waals surface area contributed by atoms with Crippen LogP contribution in [0.2, 0.25) is 0 Å². The molecule has 0 heterocycles. The Labute approximate surface area is 88.8 Å². The van der Waals surface area contributed by atoms with E-state index in [-0.39, 0.29) is 18.4 Å². The monoisotopic (exact) mass is 209 g/mol. The number of nitrogens with zero attached hydrogens (tertiary/aromatic N) is 1. The molecule has 0 atom stereocenters. The molecule has 5 nitrogen and oxygen atoms in total. The Morgan fingerprint density at radius 3 is 2.53 bits per heavy atom. The molecule has 0 spiro atoms. The van der Waals surface area contributed by atoms with Crippen LogP contribution >= 0.6 is 0 Å². The van der Waals surface area contributed by atoms with Crippen molar-refractivity contribution < 1.29 is 9.59 Å². The zero-order valence-electron chi connectivity index (χ0n) is 8.96. The van der Waals surface area contributed by atoms with Gasteiger partial charge in [-0.05, 0) is 18.8 Å². The van der Waals surface area contributed by atoms with Gasteiger partial charge in [-0.1, -0.05) is 6.92 Å². The first kappa shape index (κ1) is 11.5. The van der Waals surface area contributed by atoms with E-state index in [4.69, 9.17) is 5.26 Å². The maximum Gasteiger partial charge on any atom is 0.240 e. The largest absolute Gasteiger partial charge is 0.358 e. The summed E-state index contributed by atoms with van der Waals surface area (Å²) >= 11 is 0. The van der Waals surface area contributed by atoms with Crippen LogP contribution in [0.15, 0.2) is 0 Å². The molecule has 0 saturated heterocycles. The molecule has 0 unspecified atom stereocenters. The molecule has 15 heavy (non-hydrogen) atoms. The van der Waals surface area contributed by atoms with E-state index in [0.717, 1.165) is 0 Å². The van der Waals surface area contributed by atoms with Gasteiger partial charge >= 0.3 is 0 Å². The molecule has 1 rings (SSSR count). The first-order valence-corrected chi connectivity index (χ1v) is 4.94. The second-order valence-electron chi connectivity index (χ2n) is 4.06. The highest BCUT2D eigenvalue weighted by atomic mass is 16.2. The highest BCUT2D eigenvalue weighted by molar-refractivity contribution is 5.90. The van der Waals surface area contributed by atoms with Crippen LogP contribution in [-0.2, 0) is 9.59 Å². The number of carbonyl (C=O) groups excluding carboxylic acids is 2. The summed E-state index contributed by atoms with van der Waals surface area (Å²) in [7, 11) is 1.50. The van der Waals surface area contributed by atoms with Crippen molar-refractivity contribution >= 4 is 11.8 Å². The van der Waals surface area contributed by atoms with E-state index in [1.54, 1.807) is 0 Å². The Bertz CT molecular complexity index is 313. The molecule has 5 heteroatoms. The lowest BCUT2D eigenvalue weighted by Crippen LogP contribution is -2.50. The number of carbonyl (C=O) groups is 2. The Morgan fingerprint density at radius 2 is 2.13 bits per heavy atom. The molecular formula is C10H15N3O2. The van der Waals surface area contributed by atoms with E-state index in [2.05, 4.69) is 10.6 Å². The highest BCUT2D eigenvalue weighted by Gasteiger charge is 2.48. The second kappa shape index (κ2) is 4.30. The third-order valence-corrected chi connectivity index (χ3v) is 2.73. The minimum absolute atomic E-state index is 0.0624. The summed E-state index contributed by atoms with van der Waals surface area (Å²) in [5.41, 5.74) is -0.895. The van der Waals surface area contributed by atoms with Crippen LogP contribution in [0.3, 0.4) is 0 Å². The van der Waals surface area contributed by atoms with E-state index < -0.39 is 5.41 Å². The SMILES string of the molecule is CNC(=O)CNC(=O)C1(C#N)CC(C)C1. The van der Waals surface area contributed by atoms with Gasteiger partial charge in [-0.3, -0.25) is 9.59 Å². The van der Waals surface area contributed by atoms with E-state index in [1.807, 2.05) is 13.0 Å². The third kappa shape index (κ3) is 2.27. The van der Waals surface area contributed by atoms with E-state index >= 15 is 0 Å². The lowest BCUT2D eigenvalue weighted by molar-refractivity contribution is -0.135. The van der Waals surface area contributed by atoms with Crippen molar-refractivity contribution in [2.45, 2.75) is 19.8 Å². The molecule has 0 radical (unpaired) electrons. The Balaban J connectivity index is 2.47. The zero-order valence-corrected chi connectivity index (χ0v) is 8.96. The lowest BCUT2D eigenvalue weighted by Gasteiger charge is -2.39. The molecular weight excluding hydrogens is 194 g/mol. The molecule has 2 N–H and O–H groups in total. The minimum Gasteiger partial charge on any atom is -0.358 e. The number of nitriles is 1. The van der Waals surface area contributed by atoms with E-state index in [1.165, 1.54) is 7.05 Å². The summed E-state index contributed by atoms with van der Waals surface area (Å²) in [5.74, 6) is -0.175. The van der Waals surface area contributed by atoms with Crippen LogP contribution in [0.25, 0.3) is 0 Å². The van der Waals surface area contributed by atoms with Gasteiger partial charge in [0.15, 0.2) is 0 Å². The summed E-state index contributed by atoms with van der Waals surface area (Å²) in [6.07, 6.45) is 1.17. The van der Waals surface area contributed by atoms with Gasteiger partial charge in [0, 0.05) is 7.05 Å². The number of nitrogens with one attached hydrogen (secondary N) is 2. The molecule has 0 aromatic rings. The maximum atomic E-state index is 11.6. The molecule has 0 aromatic carbocycles. The molecule has 0 aliphatic heterocycles. The van der Waals surface area contributed by atoms with Crippen LogP contribution in [0, 0.1) is 22.7 Å². The standard InChI is InChI=1S/C10H15N3O2/c1-7-3-10(4-7,6-11)9(15)13-5-8(14)12-2/h7H,3-5H2,1-2H3,(H,12,14)(H,13,15). The number of hydrogen-bond acceptors (Lipinski definition) is 3. The number of rotatable bonds is 3. The van der Waals surface area contributed by atoms with Gasteiger partial charge in [0.25, 0.3) is 0 Å². The van der Waals surface area contributed by atoms with Crippen molar-refractivity contribution in [3.05, 3.63) is 0 Å². The van der Waals surface area contributed by atoms with E-state index in [9.17, 15) is 9.59 Å². The summed E-state index contributed by atoms with van der Waals surface area (Å²) < 4.78 is 0. The quantitative estimate of drug-likeness (QED) is 0.674. The molecule has 2 amide bonds. The predicted molar refractivity (Wildman–Crippen MR) is 53.5 cm³/mol. The third-order valence-electron chi connectivity index (χ3n) is 2.73. The van der Waals surface area contributed by atoms with Crippen molar-refractivity contribution in [3.63, 3.8) is 0 Å². The van der Waals surface area contributed by atoms with E-state index in [0.29, 0.717) is 18.8 Å². The average molecular weight is 209 g/mol. The van der Waals surface area contributed by atoms with Gasteiger partial charge in [0.1, 0.15) is 5.41 Å². The van der Waals surface area contributed by atoms with Crippen LogP contribution in [-0.4, -0.2) is 25.4 Å². The first-order valence-electron chi connectivity index (χ1n) is 4.94. The Hall–Kier alpha value is -1.57. The van der Waals surface area contributed by atoms with Crippen molar-refractivity contribution in [1.82, 2.24) is 10.6 Å². The van der Waals surface area contributed by atoms with Gasteiger partial charge in [-0.25, -0.2) is 0 Å². The summed E-state index contributed by atoms with van der Waals surface area (Å²) in [6, 6.07) is 2.04. The Kier molecular flexibility index (Phi) is 3.30. The first-order chi connectivity index (χ1) is 7.04. The Morgan fingerprint density at radius 1 is 1.53 bits per heavy atom. The fourth-order valence-electron chi connectivity index (χ4n) is 1.88. The maximum absolute atomic E-state index is 11.6. The van der Waals surface area contributed by atoms with Crippen molar-refractivity contribution in [1.29, 1.82) is 5.26 Å². The van der Waals surface area contributed by atoms with Gasteiger partial charge in [-0.15, -0.1) is 0 Å². The number of amides is 2. The topological polar surface area (TPSA) is 82.0 Å². The molecule has 1 aliphatic rings. The molecule has 82 valence electrons. The molecule has 1 saturated carbocycles. The zero-order chi connectivity index (χ0) is 11.5. The minimum atomic E-state index is -0.895. The summed E-state index contributed by atoms with van der Waals surface area (Å²) in [6.45, 7) is 1.94. The lowest BCUT2D eigenvalue weighted by atomic mass is 9.63. The number of likely N-dealkylation sites (N-methyl/N-ethyl adjacent to an activating group) is 1. The summed E-state index contributed by atoms with van der Waals surface area (Å²) in [4.78, 5) is 22.5. The molecule has 1 fully saturated rings. The molecule has 0 aromatic heterocycles. The molecule has 1 aliphatic carbocycles. The van der Waals surface area contributed by atoms with Gasteiger partial charge in [-0.2, -0.15) is 5.26 Å². The normalized spacial score (nSPS) is 28.5. The molecule has 0 bridgehead atoms. The van der Waals surface area contributed by atoms with Crippen molar-refractivity contribution in [2.24, 2.45) is 11.3 Å². The number of hydrogen-bond donors (Lipinski definition) is 2. The van der Waals surface area contributed by atoms with Crippen LogP contribution in [0.4, 0.5) is 0 Å². The average Bonchev–Trinajstić information content (AvgIpc) is 2.20. The predicted octanol–water partition coefficient (Wildman–Crippen LogP) is -0.212. The van der Waals surface area contributed by atoms with Gasteiger partial charge < -0.3 is 10.6 Å². The van der Waals surface area contributed by atoms with Crippen molar-refractivity contribution in [2.75, 3.05) is 13.6 Å². The van der Waals surface area contributed by atoms with Gasteiger partial charge in [0.05, 0.1) is 12.6 Å². The fourth-order valence-corrected chi connectivity index (χ4v) is 1.88. The second-order valence-corrected chi connectivity index (χ2v) is 4.06. The summed E-state index contributed by atoms with van der Waals surface area (Å²) in [5, 5.41) is 13.8. The van der Waals surface area contributed by atoms with Crippen LogP contribution < -0.4 is 10.6 Å². The van der Waals surface area contributed by atoms with Crippen molar-refractivity contribution in [3.8, 4) is 6.07 Å².